The summed E-state index contributed by atoms with van der Waals surface area (Å²) in [5.74, 6) is 0.424. The molecule has 0 spiro atoms. The molecule has 0 amide bonds. The van der Waals surface area contributed by atoms with E-state index in [0.29, 0.717) is 16.5 Å². The van der Waals surface area contributed by atoms with Gasteiger partial charge in [0, 0.05) is 33.4 Å². The van der Waals surface area contributed by atoms with E-state index in [0.717, 1.165) is 5.56 Å². The summed E-state index contributed by atoms with van der Waals surface area (Å²) in [6.07, 6.45) is 0. The van der Waals surface area contributed by atoms with E-state index in [4.69, 9.17) is 11.6 Å². The highest BCUT2D eigenvalue weighted by atomic mass is 35.5. The van der Waals surface area contributed by atoms with E-state index in [1.54, 1.807) is 12.1 Å². The predicted molar refractivity (Wildman–Crippen MR) is 71.0 cm³/mol. The third-order valence-corrected chi connectivity index (χ3v) is 4.53. The second kappa shape index (κ2) is 5.82. The molecule has 2 rings (SSSR count). The van der Waals surface area contributed by atoms with E-state index < -0.39 is 16.8 Å². The average Bonchev–Trinajstić information content (AvgIpc) is 2.38. The number of hydrogen-bond donors (Lipinski definition) is 1. The minimum absolute atomic E-state index is 0.110. The van der Waals surface area contributed by atoms with Crippen LogP contribution in [0.2, 0.25) is 5.02 Å². The molecule has 1 aliphatic heterocycles. The van der Waals surface area contributed by atoms with Crippen LogP contribution in [-0.4, -0.2) is 34.8 Å². The zero-order chi connectivity index (χ0) is 13.1. The predicted octanol–water partition coefficient (Wildman–Crippen LogP) is 1.27. The van der Waals surface area contributed by atoms with Gasteiger partial charge in [-0.05, 0) is 17.7 Å². The first-order valence-corrected chi connectivity index (χ1v) is 7.41. The SMILES string of the molecule is COC(=O)C1CS(=O)CC(c2ccc(Cl)cc2)N1. The van der Waals surface area contributed by atoms with Crippen molar-refractivity contribution in [3.05, 3.63) is 34.9 Å². The average molecular weight is 288 g/mol. The van der Waals surface area contributed by atoms with Gasteiger partial charge in [-0.2, -0.15) is 0 Å². The molecule has 98 valence electrons. The highest BCUT2D eigenvalue weighted by molar-refractivity contribution is 7.85. The molecule has 1 fully saturated rings. The third-order valence-electron chi connectivity index (χ3n) is 2.87. The minimum atomic E-state index is -1.02. The largest absolute Gasteiger partial charge is 0.468 e. The number of esters is 1. The van der Waals surface area contributed by atoms with Gasteiger partial charge in [0.05, 0.1) is 7.11 Å². The van der Waals surface area contributed by atoms with Gasteiger partial charge in [0.1, 0.15) is 6.04 Å². The van der Waals surface area contributed by atoms with Gasteiger partial charge >= 0.3 is 5.97 Å². The fourth-order valence-corrected chi connectivity index (χ4v) is 3.47. The van der Waals surface area contributed by atoms with Gasteiger partial charge in [-0.1, -0.05) is 23.7 Å². The number of ether oxygens (including phenoxy) is 1. The Hall–Kier alpha value is -0.910. The first kappa shape index (κ1) is 13.5. The van der Waals surface area contributed by atoms with Gasteiger partial charge < -0.3 is 4.74 Å². The molecule has 0 aliphatic carbocycles. The molecule has 3 unspecified atom stereocenters. The smallest absolute Gasteiger partial charge is 0.323 e. The second-order valence-electron chi connectivity index (χ2n) is 4.12. The van der Waals surface area contributed by atoms with Crippen molar-refractivity contribution in [1.29, 1.82) is 0 Å². The molecule has 4 nitrogen and oxygen atoms in total. The monoisotopic (exact) mass is 287 g/mol. The maximum absolute atomic E-state index is 11.8. The van der Waals surface area contributed by atoms with Gasteiger partial charge in [0.25, 0.3) is 0 Å². The summed E-state index contributed by atoms with van der Waals surface area (Å²) in [4.78, 5) is 11.5. The Morgan fingerprint density at radius 1 is 1.39 bits per heavy atom. The molecule has 1 aromatic carbocycles. The quantitative estimate of drug-likeness (QED) is 0.833. The van der Waals surface area contributed by atoms with Crippen LogP contribution in [0.1, 0.15) is 11.6 Å². The summed E-state index contributed by atoms with van der Waals surface area (Å²) < 4.78 is 16.5. The Morgan fingerprint density at radius 3 is 2.67 bits per heavy atom. The van der Waals surface area contributed by atoms with Crippen LogP contribution in [0, 0.1) is 0 Å². The molecule has 1 aromatic rings. The number of carbonyl (C=O) groups excluding carboxylic acids is 1. The van der Waals surface area contributed by atoms with Crippen molar-refractivity contribution in [2.45, 2.75) is 12.1 Å². The normalized spacial score (nSPS) is 27.8. The van der Waals surface area contributed by atoms with Crippen LogP contribution in [0.15, 0.2) is 24.3 Å². The van der Waals surface area contributed by atoms with Crippen LogP contribution in [0.25, 0.3) is 0 Å². The number of rotatable bonds is 2. The minimum Gasteiger partial charge on any atom is -0.468 e. The van der Waals surface area contributed by atoms with Crippen molar-refractivity contribution < 1.29 is 13.7 Å². The maximum Gasteiger partial charge on any atom is 0.323 e. The zero-order valence-electron chi connectivity index (χ0n) is 9.89. The highest BCUT2D eigenvalue weighted by Crippen LogP contribution is 2.21. The Bertz CT molecular complexity index is 463. The second-order valence-corrected chi connectivity index (χ2v) is 6.10. The molecule has 0 radical (unpaired) electrons. The molecule has 1 saturated heterocycles. The Kier molecular flexibility index (Phi) is 4.37. The van der Waals surface area contributed by atoms with Gasteiger partial charge in [0.2, 0.25) is 0 Å². The molecular formula is C12H14ClNO3S. The zero-order valence-corrected chi connectivity index (χ0v) is 11.5. The van der Waals surface area contributed by atoms with E-state index >= 15 is 0 Å². The first-order chi connectivity index (χ1) is 8.60. The van der Waals surface area contributed by atoms with Crippen LogP contribution >= 0.6 is 11.6 Å². The third kappa shape index (κ3) is 3.10. The Morgan fingerprint density at radius 2 is 2.06 bits per heavy atom. The standard InChI is InChI=1S/C12H14ClNO3S/c1-17-12(15)11-7-18(16)6-10(14-11)8-2-4-9(13)5-3-8/h2-5,10-11,14H,6-7H2,1H3. The number of methoxy groups -OCH3 is 1. The Balaban J connectivity index is 2.15. The molecule has 1 N–H and O–H groups in total. The number of halogens is 1. The lowest BCUT2D eigenvalue weighted by Gasteiger charge is -2.29. The summed E-state index contributed by atoms with van der Waals surface area (Å²) in [7, 11) is 0.307. The van der Waals surface area contributed by atoms with Gasteiger partial charge in [-0.25, -0.2) is 0 Å². The van der Waals surface area contributed by atoms with Crippen LogP contribution < -0.4 is 5.32 Å². The van der Waals surface area contributed by atoms with Crippen LogP contribution in [0.5, 0.6) is 0 Å². The molecular weight excluding hydrogens is 274 g/mol. The molecule has 18 heavy (non-hydrogen) atoms. The van der Waals surface area contributed by atoms with Crippen molar-refractivity contribution in [2.24, 2.45) is 0 Å². The van der Waals surface area contributed by atoms with Gasteiger partial charge in [-0.3, -0.25) is 14.3 Å². The van der Waals surface area contributed by atoms with E-state index in [1.807, 2.05) is 12.1 Å². The number of carbonyl (C=O) groups is 1. The fraction of sp³-hybridized carbons (Fsp3) is 0.417. The van der Waals surface area contributed by atoms with Crippen molar-refractivity contribution >= 4 is 28.4 Å². The first-order valence-electron chi connectivity index (χ1n) is 5.54. The van der Waals surface area contributed by atoms with E-state index in [9.17, 15) is 9.00 Å². The summed E-state index contributed by atoms with van der Waals surface area (Å²) in [6.45, 7) is 0. The van der Waals surface area contributed by atoms with Crippen LogP contribution in [0.4, 0.5) is 0 Å². The number of hydrogen-bond acceptors (Lipinski definition) is 4. The summed E-state index contributed by atoms with van der Waals surface area (Å²) in [6, 6.07) is 6.69. The lowest BCUT2D eigenvalue weighted by Crippen LogP contribution is -2.49. The molecule has 6 heteroatoms. The van der Waals surface area contributed by atoms with Crippen molar-refractivity contribution in [2.75, 3.05) is 18.6 Å². The fourth-order valence-electron chi connectivity index (χ4n) is 1.94. The molecule has 1 heterocycles. The van der Waals surface area contributed by atoms with Gasteiger partial charge in [0.15, 0.2) is 0 Å². The lowest BCUT2D eigenvalue weighted by molar-refractivity contribution is -0.142. The molecule has 0 aromatic heterocycles. The van der Waals surface area contributed by atoms with Gasteiger partial charge in [-0.15, -0.1) is 0 Å². The Labute approximate surface area is 113 Å². The highest BCUT2D eigenvalue weighted by Gasteiger charge is 2.31. The topological polar surface area (TPSA) is 55.4 Å². The van der Waals surface area contributed by atoms with Crippen LogP contribution in [0.3, 0.4) is 0 Å². The lowest BCUT2D eigenvalue weighted by atomic mass is 10.1. The van der Waals surface area contributed by atoms with Crippen LogP contribution in [-0.2, 0) is 20.3 Å². The molecule has 0 bridgehead atoms. The van der Waals surface area contributed by atoms with Crippen molar-refractivity contribution in [1.82, 2.24) is 5.32 Å². The number of nitrogens with one attached hydrogen (secondary N) is 1. The summed E-state index contributed by atoms with van der Waals surface area (Å²) in [5.41, 5.74) is 0.973. The van der Waals surface area contributed by atoms with E-state index in [2.05, 4.69) is 10.1 Å². The number of benzene rings is 1. The van der Waals surface area contributed by atoms with E-state index in [-0.39, 0.29) is 12.0 Å². The van der Waals surface area contributed by atoms with Crippen molar-refractivity contribution in [3.63, 3.8) is 0 Å². The molecule has 3 atom stereocenters. The maximum atomic E-state index is 11.8. The summed E-state index contributed by atoms with van der Waals surface area (Å²) >= 11 is 5.83. The van der Waals surface area contributed by atoms with E-state index in [1.165, 1.54) is 7.11 Å². The van der Waals surface area contributed by atoms with Crippen molar-refractivity contribution in [3.8, 4) is 0 Å². The summed E-state index contributed by atoms with van der Waals surface area (Å²) in [5, 5.41) is 3.81. The molecule has 1 aliphatic rings. The molecule has 0 saturated carbocycles.